The van der Waals surface area contributed by atoms with Crippen LogP contribution in [0, 0.1) is 5.92 Å². The number of esters is 1. The Morgan fingerprint density at radius 2 is 2.26 bits per heavy atom. The average molecular weight is 262 g/mol. The zero-order chi connectivity index (χ0) is 13.8. The van der Waals surface area contributed by atoms with Crippen molar-refractivity contribution in [1.29, 1.82) is 0 Å². The second-order valence-electron chi connectivity index (χ2n) is 4.97. The third-order valence-corrected chi connectivity index (χ3v) is 3.74. The second-order valence-corrected chi connectivity index (χ2v) is 4.97. The maximum atomic E-state index is 12.0. The summed E-state index contributed by atoms with van der Waals surface area (Å²) in [7, 11) is 0. The number of anilines is 2. The van der Waals surface area contributed by atoms with Crippen LogP contribution in [0.15, 0.2) is 18.2 Å². The minimum Gasteiger partial charge on any atom is -0.462 e. The van der Waals surface area contributed by atoms with Gasteiger partial charge in [-0.3, -0.25) is 0 Å². The number of carbonyl (C=O) groups is 1. The number of nitrogens with zero attached hydrogens (tertiary/aromatic N) is 1. The molecule has 0 aromatic heterocycles. The molecule has 1 saturated heterocycles. The predicted octanol–water partition coefficient (Wildman–Crippen LogP) is 2.68. The zero-order valence-electron chi connectivity index (χ0n) is 11.7. The first-order valence-corrected chi connectivity index (χ1v) is 6.97. The lowest BCUT2D eigenvalue weighted by Gasteiger charge is -2.23. The number of rotatable bonds is 4. The summed E-state index contributed by atoms with van der Waals surface area (Å²) >= 11 is 0. The van der Waals surface area contributed by atoms with Crippen LogP contribution in [-0.2, 0) is 4.74 Å². The lowest BCUT2D eigenvalue weighted by atomic mass is 10.1. The number of benzene rings is 1. The quantitative estimate of drug-likeness (QED) is 0.669. The van der Waals surface area contributed by atoms with Gasteiger partial charge in [-0.1, -0.05) is 19.4 Å². The first-order chi connectivity index (χ1) is 9.17. The maximum absolute atomic E-state index is 12.0. The van der Waals surface area contributed by atoms with Gasteiger partial charge in [-0.2, -0.15) is 0 Å². The van der Waals surface area contributed by atoms with E-state index in [2.05, 4.69) is 11.8 Å². The van der Waals surface area contributed by atoms with Crippen LogP contribution >= 0.6 is 0 Å². The Morgan fingerprint density at radius 3 is 2.89 bits per heavy atom. The number of para-hydroxylation sites is 1. The molecule has 1 heterocycles. The van der Waals surface area contributed by atoms with Crippen LogP contribution in [0.3, 0.4) is 0 Å². The Bertz CT molecular complexity index is 459. The van der Waals surface area contributed by atoms with Gasteiger partial charge < -0.3 is 15.4 Å². The summed E-state index contributed by atoms with van der Waals surface area (Å²) in [5.41, 5.74) is 8.15. The lowest BCUT2D eigenvalue weighted by molar-refractivity contribution is 0.0527. The highest BCUT2D eigenvalue weighted by Gasteiger charge is 2.26. The first-order valence-electron chi connectivity index (χ1n) is 6.97. The summed E-state index contributed by atoms with van der Waals surface area (Å²) in [4.78, 5) is 14.2. The molecule has 0 saturated carbocycles. The molecule has 2 N–H and O–H groups in total. The second kappa shape index (κ2) is 5.95. The highest BCUT2D eigenvalue weighted by molar-refractivity contribution is 5.99. The molecule has 1 fully saturated rings. The Balaban J connectivity index is 2.31. The van der Waals surface area contributed by atoms with Gasteiger partial charge in [0.1, 0.15) is 0 Å². The minimum absolute atomic E-state index is 0.287. The van der Waals surface area contributed by atoms with Crippen molar-refractivity contribution in [2.75, 3.05) is 30.3 Å². The molecule has 1 aliphatic rings. The van der Waals surface area contributed by atoms with Crippen molar-refractivity contribution in [3.05, 3.63) is 23.8 Å². The maximum Gasteiger partial charge on any atom is 0.340 e. The summed E-state index contributed by atoms with van der Waals surface area (Å²) in [5.74, 6) is 0.402. The number of hydrogen-bond acceptors (Lipinski definition) is 4. The Hall–Kier alpha value is -1.71. The first kappa shape index (κ1) is 13.7. The van der Waals surface area contributed by atoms with Gasteiger partial charge >= 0.3 is 5.97 Å². The molecule has 19 heavy (non-hydrogen) atoms. The van der Waals surface area contributed by atoms with Crippen molar-refractivity contribution in [1.82, 2.24) is 0 Å². The van der Waals surface area contributed by atoms with E-state index < -0.39 is 0 Å². The van der Waals surface area contributed by atoms with Crippen molar-refractivity contribution in [2.45, 2.75) is 26.7 Å². The van der Waals surface area contributed by atoms with Crippen LogP contribution in [-0.4, -0.2) is 25.7 Å². The standard InChI is InChI=1S/C15H22N2O2/c1-3-11-8-9-17(10-11)14-12(15(18)19-4-2)6-5-7-13(14)16/h5-7,11H,3-4,8-10,16H2,1-2H3. The monoisotopic (exact) mass is 262 g/mol. The molecule has 1 aromatic carbocycles. The van der Waals surface area contributed by atoms with Gasteiger partial charge in [0, 0.05) is 13.1 Å². The van der Waals surface area contributed by atoms with Gasteiger partial charge in [-0.15, -0.1) is 0 Å². The van der Waals surface area contributed by atoms with E-state index in [1.165, 1.54) is 0 Å². The van der Waals surface area contributed by atoms with Crippen molar-refractivity contribution in [3.8, 4) is 0 Å². The van der Waals surface area contributed by atoms with E-state index >= 15 is 0 Å². The SMILES string of the molecule is CCOC(=O)c1cccc(N)c1N1CCC(CC)C1. The lowest BCUT2D eigenvalue weighted by Crippen LogP contribution is -2.24. The normalized spacial score (nSPS) is 18.6. The van der Waals surface area contributed by atoms with Crippen molar-refractivity contribution >= 4 is 17.3 Å². The van der Waals surface area contributed by atoms with E-state index in [1.807, 2.05) is 13.0 Å². The van der Waals surface area contributed by atoms with Gasteiger partial charge in [0.15, 0.2) is 0 Å². The third-order valence-electron chi connectivity index (χ3n) is 3.74. The summed E-state index contributed by atoms with van der Waals surface area (Å²) in [6.45, 7) is 6.32. The molecule has 0 radical (unpaired) electrons. The van der Waals surface area contributed by atoms with E-state index in [0.717, 1.165) is 31.6 Å². The summed E-state index contributed by atoms with van der Waals surface area (Å²) in [5, 5.41) is 0. The molecular formula is C15H22N2O2. The zero-order valence-corrected chi connectivity index (χ0v) is 11.7. The van der Waals surface area contributed by atoms with Crippen LogP contribution < -0.4 is 10.6 Å². The summed E-state index contributed by atoms with van der Waals surface area (Å²) < 4.78 is 5.12. The van der Waals surface area contributed by atoms with E-state index in [1.54, 1.807) is 12.1 Å². The average Bonchev–Trinajstić information content (AvgIpc) is 2.87. The predicted molar refractivity (Wildman–Crippen MR) is 77.4 cm³/mol. The molecule has 4 heteroatoms. The molecule has 4 nitrogen and oxygen atoms in total. The largest absolute Gasteiger partial charge is 0.462 e. The molecule has 2 rings (SSSR count). The topological polar surface area (TPSA) is 55.6 Å². The smallest absolute Gasteiger partial charge is 0.340 e. The Morgan fingerprint density at radius 1 is 1.47 bits per heavy atom. The van der Waals surface area contributed by atoms with Crippen LogP contribution in [0.1, 0.15) is 37.0 Å². The fraction of sp³-hybridized carbons (Fsp3) is 0.533. The van der Waals surface area contributed by atoms with E-state index in [4.69, 9.17) is 10.5 Å². The van der Waals surface area contributed by atoms with Crippen LogP contribution in [0.25, 0.3) is 0 Å². The minimum atomic E-state index is -0.287. The van der Waals surface area contributed by atoms with Crippen LogP contribution in [0.2, 0.25) is 0 Å². The number of hydrogen-bond donors (Lipinski definition) is 1. The summed E-state index contributed by atoms with van der Waals surface area (Å²) in [6, 6.07) is 5.44. The number of carbonyl (C=O) groups excluding carboxylic acids is 1. The molecular weight excluding hydrogens is 240 g/mol. The van der Waals surface area contributed by atoms with E-state index in [0.29, 0.717) is 23.8 Å². The number of nitrogens with two attached hydrogens (primary N) is 1. The molecule has 104 valence electrons. The molecule has 0 aliphatic carbocycles. The molecule has 1 atom stereocenters. The molecule has 1 aliphatic heterocycles. The van der Waals surface area contributed by atoms with Gasteiger partial charge in [-0.25, -0.2) is 4.79 Å². The fourth-order valence-electron chi connectivity index (χ4n) is 2.66. The van der Waals surface area contributed by atoms with Crippen LogP contribution in [0.4, 0.5) is 11.4 Å². The van der Waals surface area contributed by atoms with Crippen molar-refractivity contribution in [3.63, 3.8) is 0 Å². The molecule has 1 aromatic rings. The fourth-order valence-corrected chi connectivity index (χ4v) is 2.66. The van der Waals surface area contributed by atoms with Crippen molar-refractivity contribution < 1.29 is 9.53 Å². The van der Waals surface area contributed by atoms with Gasteiger partial charge in [-0.05, 0) is 31.4 Å². The van der Waals surface area contributed by atoms with Gasteiger partial charge in [0.25, 0.3) is 0 Å². The third kappa shape index (κ3) is 2.83. The van der Waals surface area contributed by atoms with E-state index in [-0.39, 0.29) is 5.97 Å². The van der Waals surface area contributed by atoms with Crippen LogP contribution in [0.5, 0.6) is 0 Å². The molecule has 0 spiro atoms. The van der Waals surface area contributed by atoms with E-state index in [9.17, 15) is 4.79 Å². The van der Waals surface area contributed by atoms with Gasteiger partial charge in [0.05, 0.1) is 23.5 Å². The van der Waals surface area contributed by atoms with Crippen molar-refractivity contribution in [2.24, 2.45) is 5.92 Å². The summed E-state index contributed by atoms with van der Waals surface area (Å²) in [6.07, 6.45) is 2.32. The molecule has 0 amide bonds. The Labute approximate surface area is 114 Å². The van der Waals surface area contributed by atoms with Gasteiger partial charge in [0.2, 0.25) is 0 Å². The Kier molecular flexibility index (Phi) is 4.30. The number of ether oxygens (including phenoxy) is 1. The molecule has 0 bridgehead atoms. The number of nitrogen functional groups attached to an aromatic ring is 1. The highest BCUT2D eigenvalue weighted by atomic mass is 16.5. The highest BCUT2D eigenvalue weighted by Crippen LogP contribution is 2.33. The molecule has 1 unspecified atom stereocenters.